The molecule has 2 aliphatic rings. The Balaban J connectivity index is 1.15. The molecule has 200 valence electrons. The summed E-state index contributed by atoms with van der Waals surface area (Å²) in [5.41, 5.74) is 1.81. The number of methoxy groups -OCH3 is 1. The fourth-order valence-electron chi connectivity index (χ4n) is 4.52. The van der Waals surface area contributed by atoms with Crippen LogP contribution in [0.3, 0.4) is 0 Å². The van der Waals surface area contributed by atoms with Gasteiger partial charge in [0, 0.05) is 18.7 Å². The quantitative estimate of drug-likeness (QED) is 0.400. The number of rotatable bonds is 10. The first-order valence-corrected chi connectivity index (χ1v) is 12.5. The molecule has 0 atom stereocenters. The van der Waals surface area contributed by atoms with Crippen LogP contribution in [0.1, 0.15) is 33.6 Å². The first-order chi connectivity index (χ1) is 18.9. The zero-order chi connectivity index (χ0) is 27.4. The van der Waals surface area contributed by atoms with Crippen LogP contribution in [0.2, 0.25) is 0 Å². The Morgan fingerprint density at radius 1 is 0.897 bits per heavy atom. The second kappa shape index (κ2) is 11.3. The van der Waals surface area contributed by atoms with Crippen LogP contribution in [0, 0.1) is 0 Å². The van der Waals surface area contributed by atoms with Crippen molar-refractivity contribution in [3.05, 3.63) is 77.9 Å². The maximum absolute atomic E-state index is 12.6. The summed E-state index contributed by atoms with van der Waals surface area (Å²) in [4.78, 5) is 52.9. The van der Waals surface area contributed by atoms with E-state index in [4.69, 9.17) is 14.2 Å². The molecule has 0 aromatic heterocycles. The van der Waals surface area contributed by atoms with E-state index in [0.717, 1.165) is 5.75 Å². The summed E-state index contributed by atoms with van der Waals surface area (Å²) in [6.07, 6.45) is 0.429. The van der Waals surface area contributed by atoms with Crippen molar-refractivity contribution < 1.29 is 33.4 Å². The van der Waals surface area contributed by atoms with Crippen LogP contribution < -0.4 is 24.4 Å². The SMILES string of the molecule is COc1ccc(OCCN2C(=O)COc3ccc(NC(=O)CCCN4C(=O)c5ccccc5C4=O)cc32)cc1. The lowest BCUT2D eigenvalue weighted by Gasteiger charge is -2.29. The number of anilines is 2. The minimum Gasteiger partial charge on any atom is -0.497 e. The van der Waals surface area contributed by atoms with Crippen molar-refractivity contribution in [3.63, 3.8) is 0 Å². The molecule has 10 nitrogen and oxygen atoms in total. The Morgan fingerprint density at radius 2 is 1.59 bits per heavy atom. The van der Waals surface area contributed by atoms with E-state index in [0.29, 0.717) is 47.0 Å². The number of nitrogens with zero attached hydrogens (tertiary/aromatic N) is 2. The molecule has 0 radical (unpaired) electrons. The molecule has 0 bridgehead atoms. The number of fused-ring (bicyclic) bond motifs is 2. The van der Waals surface area contributed by atoms with Crippen LogP contribution in [0.4, 0.5) is 11.4 Å². The summed E-state index contributed by atoms with van der Waals surface area (Å²) < 4.78 is 16.5. The van der Waals surface area contributed by atoms with Gasteiger partial charge in [-0.3, -0.25) is 24.1 Å². The molecule has 3 aromatic carbocycles. The molecule has 10 heteroatoms. The lowest BCUT2D eigenvalue weighted by Crippen LogP contribution is -2.41. The molecule has 5 rings (SSSR count). The standard InChI is InChI=1S/C29H27N3O7/c1-37-20-9-11-21(12-10-20)38-16-15-31-24-17-19(8-13-25(24)39-18-27(31)34)30-26(33)7-4-14-32-28(35)22-5-2-3-6-23(22)29(32)36/h2-3,5-6,8-13,17H,4,7,14-16,18H2,1H3,(H,30,33). The van der Waals surface area contributed by atoms with Gasteiger partial charge in [-0.25, -0.2) is 0 Å². The van der Waals surface area contributed by atoms with Crippen LogP contribution in [0.25, 0.3) is 0 Å². The smallest absolute Gasteiger partial charge is 0.265 e. The van der Waals surface area contributed by atoms with Gasteiger partial charge in [0.05, 0.1) is 30.5 Å². The lowest BCUT2D eigenvalue weighted by molar-refractivity contribution is -0.121. The van der Waals surface area contributed by atoms with Gasteiger partial charge in [-0.2, -0.15) is 0 Å². The molecule has 2 heterocycles. The predicted octanol–water partition coefficient (Wildman–Crippen LogP) is 3.51. The van der Waals surface area contributed by atoms with E-state index in [9.17, 15) is 19.2 Å². The summed E-state index contributed by atoms with van der Waals surface area (Å²) >= 11 is 0. The van der Waals surface area contributed by atoms with Crippen molar-refractivity contribution in [1.29, 1.82) is 0 Å². The highest BCUT2D eigenvalue weighted by molar-refractivity contribution is 6.21. The van der Waals surface area contributed by atoms with Crippen molar-refractivity contribution in [2.45, 2.75) is 12.8 Å². The third kappa shape index (κ3) is 5.54. The largest absolute Gasteiger partial charge is 0.497 e. The van der Waals surface area contributed by atoms with E-state index < -0.39 is 0 Å². The van der Waals surface area contributed by atoms with Gasteiger partial charge in [-0.05, 0) is 61.0 Å². The Morgan fingerprint density at radius 3 is 2.28 bits per heavy atom. The first kappa shape index (κ1) is 25.8. The van der Waals surface area contributed by atoms with E-state index in [1.165, 1.54) is 4.90 Å². The predicted molar refractivity (Wildman–Crippen MR) is 142 cm³/mol. The van der Waals surface area contributed by atoms with Crippen LogP contribution in [-0.4, -0.2) is 61.9 Å². The number of amides is 4. The fraction of sp³-hybridized carbons (Fsp3) is 0.241. The van der Waals surface area contributed by atoms with E-state index >= 15 is 0 Å². The van der Waals surface area contributed by atoms with Crippen molar-refractivity contribution in [3.8, 4) is 17.2 Å². The van der Waals surface area contributed by atoms with Gasteiger partial charge in [-0.15, -0.1) is 0 Å². The van der Waals surface area contributed by atoms with Gasteiger partial charge >= 0.3 is 0 Å². The fourth-order valence-corrected chi connectivity index (χ4v) is 4.52. The number of ether oxygens (including phenoxy) is 3. The zero-order valence-corrected chi connectivity index (χ0v) is 21.3. The third-order valence-corrected chi connectivity index (χ3v) is 6.49. The first-order valence-electron chi connectivity index (χ1n) is 12.5. The van der Waals surface area contributed by atoms with Gasteiger partial charge in [0.2, 0.25) is 5.91 Å². The van der Waals surface area contributed by atoms with Crippen LogP contribution >= 0.6 is 0 Å². The summed E-state index contributed by atoms with van der Waals surface area (Å²) in [6, 6.07) is 18.9. The molecule has 0 saturated heterocycles. The summed E-state index contributed by atoms with van der Waals surface area (Å²) in [5.74, 6) is 0.728. The molecule has 4 amide bonds. The highest BCUT2D eigenvalue weighted by Gasteiger charge is 2.34. The molecule has 0 spiro atoms. The van der Waals surface area contributed by atoms with E-state index in [-0.39, 0.29) is 49.8 Å². The van der Waals surface area contributed by atoms with E-state index in [2.05, 4.69) is 5.32 Å². The average molecular weight is 530 g/mol. The molecular formula is C29H27N3O7. The highest BCUT2D eigenvalue weighted by atomic mass is 16.5. The van der Waals surface area contributed by atoms with Crippen molar-refractivity contribution in [2.24, 2.45) is 0 Å². The number of hydrogen-bond acceptors (Lipinski definition) is 7. The third-order valence-electron chi connectivity index (χ3n) is 6.49. The van der Waals surface area contributed by atoms with Crippen LogP contribution in [0.15, 0.2) is 66.7 Å². The number of hydrogen-bond donors (Lipinski definition) is 1. The summed E-state index contributed by atoms with van der Waals surface area (Å²) in [5, 5.41) is 2.82. The Hall–Kier alpha value is -4.86. The van der Waals surface area contributed by atoms with Crippen molar-refractivity contribution >= 4 is 35.0 Å². The van der Waals surface area contributed by atoms with Crippen molar-refractivity contribution in [1.82, 2.24) is 4.90 Å². The molecule has 0 saturated carbocycles. The van der Waals surface area contributed by atoms with Gasteiger partial charge in [0.1, 0.15) is 23.9 Å². The van der Waals surface area contributed by atoms with E-state index in [1.54, 1.807) is 78.7 Å². The van der Waals surface area contributed by atoms with Gasteiger partial charge in [-0.1, -0.05) is 12.1 Å². The minimum absolute atomic E-state index is 0.0843. The molecule has 2 aliphatic heterocycles. The molecule has 39 heavy (non-hydrogen) atoms. The van der Waals surface area contributed by atoms with Crippen LogP contribution in [0.5, 0.6) is 17.2 Å². The van der Waals surface area contributed by atoms with Crippen molar-refractivity contribution in [2.75, 3.05) is 43.6 Å². The zero-order valence-electron chi connectivity index (χ0n) is 21.3. The van der Waals surface area contributed by atoms with Crippen LogP contribution in [-0.2, 0) is 9.59 Å². The van der Waals surface area contributed by atoms with E-state index in [1.807, 2.05) is 0 Å². The Labute approximate surface area is 225 Å². The summed E-state index contributed by atoms with van der Waals surface area (Å²) in [6.45, 7) is 0.609. The second-order valence-electron chi connectivity index (χ2n) is 9.00. The number of imide groups is 1. The highest BCUT2D eigenvalue weighted by Crippen LogP contribution is 2.34. The maximum Gasteiger partial charge on any atom is 0.265 e. The normalized spacial score (nSPS) is 14.0. The number of nitrogens with one attached hydrogen (secondary N) is 1. The molecule has 3 aromatic rings. The number of carbonyl (C=O) groups is 4. The maximum atomic E-state index is 12.6. The molecule has 0 fully saturated rings. The topological polar surface area (TPSA) is 114 Å². The monoisotopic (exact) mass is 529 g/mol. The second-order valence-corrected chi connectivity index (χ2v) is 9.00. The minimum atomic E-state index is -0.341. The Kier molecular flexibility index (Phi) is 7.44. The molecule has 1 N–H and O–H groups in total. The average Bonchev–Trinajstić information content (AvgIpc) is 3.19. The molecule has 0 unspecified atom stereocenters. The molecule has 0 aliphatic carbocycles. The summed E-state index contributed by atoms with van der Waals surface area (Å²) in [7, 11) is 1.59. The van der Waals surface area contributed by atoms with Gasteiger partial charge in [0.15, 0.2) is 6.61 Å². The Bertz CT molecular complexity index is 1390. The van der Waals surface area contributed by atoms with Gasteiger partial charge < -0.3 is 24.4 Å². The molecular weight excluding hydrogens is 502 g/mol. The number of carbonyl (C=O) groups excluding carboxylic acids is 4. The lowest BCUT2D eigenvalue weighted by atomic mass is 10.1. The van der Waals surface area contributed by atoms with Gasteiger partial charge in [0.25, 0.3) is 17.7 Å². The number of benzene rings is 3.